The van der Waals surface area contributed by atoms with Gasteiger partial charge in [-0.1, -0.05) is 172 Å². The van der Waals surface area contributed by atoms with Gasteiger partial charge in [-0.25, -0.2) is 0 Å². The molecule has 0 N–H and O–H groups in total. The third kappa shape index (κ3) is 6.12. The molecule has 64 heavy (non-hydrogen) atoms. The molecule has 0 unspecified atom stereocenters. The summed E-state index contributed by atoms with van der Waals surface area (Å²) in [5.41, 5.74) is 18.4. The van der Waals surface area contributed by atoms with Crippen LogP contribution in [0.5, 0.6) is 11.5 Å². The summed E-state index contributed by atoms with van der Waals surface area (Å²) in [6, 6.07) is 83.0. The van der Waals surface area contributed by atoms with Gasteiger partial charge in [0.25, 0.3) is 0 Å². The average molecular weight is 821 g/mol. The maximum Gasteiger partial charge on any atom is 0.159 e. The molecule has 0 bridgehead atoms. The van der Waals surface area contributed by atoms with E-state index in [1.54, 1.807) is 0 Å². The zero-order chi connectivity index (χ0) is 42.8. The molecule has 0 aromatic heterocycles. The summed E-state index contributed by atoms with van der Waals surface area (Å²) in [6.45, 7) is 4.68. The van der Waals surface area contributed by atoms with Crippen molar-refractivity contribution in [2.24, 2.45) is 0 Å². The minimum absolute atomic E-state index is 0.0704. The maximum absolute atomic E-state index is 7.29. The Hall–Kier alpha value is -8.14. The molecule has 12 rings (SSSR count). The van der Waals surface area contributed by atoms with Crippen molar-refractivity contribution in [3.63, 3.8) is 0 Å². The van der Waals surface area contributed by atoms with E-state index in [1.807, 2.05) is 0 Å². The van der Waals surface area contributed by atoms with Gasteiger partial charge in [0.1, 0.15) is 5.75 Å². The first-order valence-corrected chi connectivity index (χ1v) is 22.1. The molecule has 0 atom stereocenters. The summed E-state index contributed by atoms with van der Waals surface area (Å²) in [7, 11) is 0. The van der Waals surface area contributed by atoms with Crippen molar-refractivity contribution < 1.29 is 4.74 Å². The number of benzene rings is 10. The third-order valence-electron chi connectivity index (χ3n) is 13.3. The molecule has 304 valence electrons. The lowest BCUT2D eigenvalue weighted by molar-refractivity contribution is 0.490. The van der Waals surface area contributed by atoms with Gasteiger partial charge in [-0.05, 0) is 123 Å². The largest absolute Gasteiger partial charge is 0.453 e. The van der Waals surface area contributed by atoms with Gasteiger partial charge >= 0.3 is 0 Å². The Kier molecular flexibility index (Phi) is 8.84. The molecule has 1 aliphatic carbocycles. The molecular formula is C61H44N2O. The number of hydrogen-bond donors (Lipinski definition) is 0. The Balaban J connectivity index is 0.976. The quantitative estimate of drug-likeness (QED) is 0.152. The standard InChI is InChI=1S/C61H44N2O/c1-61(2)55-26-13-12-23-51(55)54-40-49(37-39-56(54)61)62(47-33-28-42(29-34-47)41-16-6-3-7-17-41)48-35-30-43(31-36-48)50-38-32-44-18-14-24-52-53-25-15-27-57(59(53)64-60(50)58(44)52)63(45-19-8-4-9-20-45)46-21-10-5-11-22-46/h3-40H,1-2H3. The van der Waals surface area contributed by atoms with E-state index >= 15 is 0 Å². The van der Waals surface area contributed by atoms with Crippen molar-refractivity contribution in [2.45, 2.75) is 19.3 Å². The van der Waals surface area contributed by atoms with Crippen LogP contribution in [0.1, 0.15) is 25.0 Å². The smallest absolute Gasteiger partial charge is 0.159 e. The van der Waals surface area contributed by atoms with Gasteiger partial charge in [0.15, 0.2) is 5.75 Å². The fourth-order valence-electron chi connectivity index (χ4n) is 10.1. The van der Waals surface area contributed by atoms with Crippen LogP contribution < -0.4 is 14.5 Å². The Morgan fingerprint density at radius 2 is 0.859 bits per heavy atom. The van der Waals surface area contributed by atoms with Gasteiger partial charge in [0.2, 0.25) is 0 Å². The van der Waals surface area contributed by atoms with E-state index < -0.39 is 0 Å². The maximum atomic E-state index is 7.29. The fraction of sp³-hybridized carbons (Fsp3) is 0.0492. The van der Waals surface area contributed by atoms with E-state index in [2.05, 4.69) is 254 Å². The molecule has 0 amide bonds. The second-order valence-electron chi connectivity index (χ2n) is 17.3. The summed E-state index contributed by atoms with van der Waals surface area (Å²) < 4.78 is 7.29. The van der Waals surface area contributed by atoms with E-state index in [0.29, 0.717) is 0 Å². The van der Waals surface area contributed by atoms with Crippen molar-refractivity contribution in [3.8, 4) is 56.0 Å². The third-order valence-corrected chi connectivity index (χ3v) is 13.3. The number of para-hydroxylation sites is 3. The minimum atomic E-state index is -0.0704. The van der Waals surface area contributed by atoms with Crippen LogP contribution >= 0.6 is 0 Å². The highest BCUT2D eigenvalue weighted by Crippen LogP contribution is 2.56. The van der Waals surface area contributed by atoms with Gasteiger partial charge in [-0.2, -0.15) is 0 Å². The summed E-state index contributed by atoms with van der Waals surface area (Å²) >= 11 is 0. The van der Waals surface area contributed by atoms with Crippen LogP contribution in [0.15, 0.2) is 231 Å². The molecule has 0 saturated heterocycles. The topological polar surface area (TPSA) is 15.7 Å². The number of anilines is 6. The molecule has 0 saturated carbocycles. The van der Waals surface area contributed by atoms with E-state index in [4.69, 9.17) is 4.74 Å². The first-order valence-electron chi connectivity index (χ1n) is 22.1. The normalized spacial score (nSPS) is 12.8. The average Bonchev–Trinajstić information content (AvgIpc) is 3.58. The molecular weight excluding hydrogens is 777 g/mol. The highest BCUT2D eigenvalue weighted by Gasteiger charge is 2.36. The zero-order valence-electron chi connectivity index (χ0n) is 35.7. The number of hydrogen-bond acceptors (Lipinski definition) is 3. The second-order valence-corrected chi connectivity index (χ2v) is 17.3. The van der Waals surface area contributed by atoms with E-state index in [-0.39, 0.29) is 5.41 Å². The van der Waals surface area contributed by atoms with Gasteiger partial charge in [-0.15, -0.1) is 0 Å². The van der Waals surface area contributed by atoms with Crippen LogP contribution in [-0.4, -0.2) is 0 Å². The Morgan fingerprint density at radius 1 is 0.328 bits per heavy atom. The summed E-state index contributed by atoms with van der Waals surface area (Å²) in [6.07, 6.45) is 0. The van der Waals surface area contributed by atoms with Crippen LogP contribution in [0.4, 0.5) is 34.1 Å². The molecule has 3 nitrogen and oxygen atoms in total. The van der Waals surface area contributed by atoms with Crippen molar-refractivity contribution >= 4 is 44.9 Å². The molecule has 2 aliphatic rings. The molecule has 0 spiro atoms. The minimum Gasteiger partial charge on any atom is -0.453 e. The first kappa shape index (κ1) is 37.6. The predicted octanol–water partition coefficient (Wildman–Crippen LogP) is 17.2. The number of nitrogens with zero attached hydrogens (tertiary/aromatic N) is 2. The molecule has 10 aromatic rings. The van der Waals surface area contributed by atoms with E-state index in [9.17, 15) is 0 Å². The van der Waals surface area contributed by atoms with E-state index in [0.717, 1.165) is 73.1 Å². The van der Waals surface area contributed by atoms with Crippen LogP contribution in [0.3, 0.4) is 0 Å². The molecule has 3 heteroatoms. The lowest BCUT2D eigenvalue weighted by atomic mass is 9.82. The summed E-state index contributed by atoms with van der Waals surface area (Å²) in [5.74, 6) is 1.71. The molecule has 0 fully saturated rings. The number of rotatable bonds is 8. The van der Waals surface area contributed by atoms with Gasteiger partial charge in [0.05, 0.1) is 5.69 Å². The first-order chi connectivity index (χ1) is 31.5. The second kappa shape index (κ2) is 15.0. The zero-order valence-corrected chi connectivity index (χ0v) is 35.7. The van der Waals surface area contributed by atoms with Gasteiger partial charge < -0.3 is 14.5 Å². The molecule has 10 aromatic carbocycles. The van der Waals surface area contributed by atoms with Crippen LogP contribution in [0, 0.1) is 0 Å². The van der Waals surface area contributed by atoms with Crippen molar-refractivity contribution in [1.82, 2.24) is 0 Å². The van der Waals surface area contributed by atoms with Crippen molar-refractivity contribution in [3.05, 3.63) is 242 Å². The fourth-order valence-corrected chi connectivity index (χ4v) is 10.1. The SMILES string of the molecule is CC1(C)c2ccccc2-c2cc(N(c3ccc(-c4ccccc4)cc3)c3ccc(-c4ccc5cccc6c5c4Oc4c-6cccc4N(c4ccccc4)c4ccccc4)cc3)ccc21. The lowest BCUT2D eigenvalue weighted by Crippen LogP contribution is -2.15. The monoisotopic (exact) mass is 820 g/mol. The predicted molar refractivity (Wildman–Crippen MR) is 267 cm³/mol. The van der Waals surface area contributed by atoms with Crippen molar-refractivity contribution in [1.29, 1.82) is 0 Å². The number of fused-ring (bicyclic) bond motifs is 5. The van der Waals surface area contributed by atoms with Crippen LogP contribution in [0.25, 0.3) is 55.3 Å². The lowest BCUT2D eigenvalue weighted by Gasteiger charge is -2.31. The van der Waals surface area contributed by atoms with Gasteiger partial charge in [0, 0.05) is 50.4 Å². The van der Waals surface area contributed by atoms with Crippen molar-refractivity contribution in [2.75, 3.05) is 9.80 Å². The summed E-state index contributed by atoms with van der Waals surface area (Å²) in [5, 5.41) is 2.28. The summed E-state index contributed by atoms with van der Waals surface area (Å²) in [4.78, 5) is 4.68. The van der Waals surface area contributed by atoms with Gasteiger partial charge in [-0.3, -0.25) is 0 Å². The Bertz CT molecular complexity index is 3320. The molecule has 0 radical (unpaired) electrons. The van der Waals surface area contributed by atoms with Crippen LogP contribution in [0.2, 0.25) is 0 Å². The highest BCUT2D eigenvalue weighted by molar-refractivity contribution is 6.09. The van der Waals surface area contributed by atoms with Crippen LogP contribution in [-0.2, 0) is 5.41 Å². The van der Waals surface area contributed by atoms with E-state index in [1.165, 1.54) is 38.9 Å². The molecule has 1 aliphatic heterocycles. The Morgan fingerprint density at radius 3 is 1.56 bits per heavy atom. The highest BCUT2D eigenvalue weighted by atomic mass is 16.5. The molecule has 1 heterocycles. The Labute approximate surface area is 374 Å². The number of ether oxygens (including phenoxy) is 1.